The largest absolute Gasteiger partial charge is 0.326 e. The molecule has 0 saturated carbocycles. The molecule has 25 heavy (non-hydrogen) atoms. The molecule has 1 N–H and O–H groups in total. The molecule has 0 spiro atoms. The Labute approximate surface area is 148 Å². The SMILES string of the molecule is CC(=O)Nc1ccccc1CC(=O)N1C[C@@H](C(C)C)c2ccccc21. The molecule has 0 aliphatic carbocycles. The Morgan fingerprint density at radius 3 is 2.52 bits per heavy atom. The normalized spacial score (nSPS) is 16.0. The van der Waals surface area contributed by atoms with Gasteiger partial charge in [0.05, 0.1) is 6.42 Å². The third kappa shape index (κ3) is 3.58. The van der Waals surface area contributed by atoms with Crippen LogP contribution in [0.4, 0.5) is 11.4 Å². The molecule has 0 aromatic heterocycles. The Hall–Kier alpha value is -2.62. The third-order valence-electron chi connectivity index (χ3n) is 4.78. The van der Waals surface area contributed by atoms with Gasteiger partial charge in [0.15, 0.2) is 0 Å². The maximum atomic E-state index is 13.0. The molecular weight excluding hydrogens is 312 g/mol. The summed E-state index contributed by atoms with van der Waals surface area (Å²) in [5.74, 6) is 0.774. The van der Waals surface area contributed by atoms with Gasteiger partial charge in [-0.15, -0.1) is 0 Å². The van der Waals surface area contributed by atoms with E-state index in [-0.39, 0.29) is 18.2 Å². The molecule has 4 heteroatoms. The van der Waals surface area contributed by atoms with Crippen molar-refractivity contribution in [3.05, 3.63) is 59.7 Å². The second-order valence-corrected chi connectivity index (χ2v) is 6.93. The molecule has 0 radical (unpaired) electrons. The fraction of sp³-hybridized carbons (Fsp3) is 0.333. The van der Waals surface area contributed by atoms with Crippen molar-refractivity contribution >= 4 is 23.2 Å². The number of para-hydroxylation sites is 2. The predicted molar refractivity (Wildman–Crippen MR) is 101 cm³/mol. The lowest BCUT2D eigenvalue weighted by Gasteiger charge is -2.20. The zero-order valence-corrected chi connectivity index (χ0v) is 15.0. The number of hydrogen-bond donors (Lipinski definition) is 1. The lowest BCUT2D eigenvalue weighted by atomic mass is 9.90. The molecule has 1 aliphatic rings. The highest BCUT2D eigenvalue weighted by Crippen LogP contribution is 2.40. The van der Waals surface area contributed by atoms with Gasteiger partial charge in [-0.25, -0.2) is 0 Å². The van der Waals surface area contributed by atoms with Crippen LogP contribution in [-0.4, -0.2) is 18.4 Å². The maximum absolute atomic E-state index is 13.0. The van der Waals surface area contributed by atoms with Gasteiger partial charge in [-0.3, -0.25) is 9.59 Å². The number of rotatable bonds is 4. The predicted octanol–water partition coefficient (Wildman–Crippen LogP) is 3.97. The number of fused-ring (bicyclic) bond motifs is 1. The van der Waals surface area contributed by atoms with E-state index in [1.807, 2.05) is 47.4 Å². The first-order valence-corrected chi connectivity index (χ1v) is 8.72. The minimum Gasteiger partial charge on any atom is -0.326 e. The van der Waals surface area contributed by atoms with Crippen LogP contribution in [0, 0.1) is 5.92 Å². The standard InChI is InChI=1S/C21H24N2O2/c1-14(2)18-13-23(20-11-7-5-9-17(18)20)21(25)12-16-8-4-6-10-19(16)22-15(3)24/h4-11,14,18H,12-13H2,1-3H3,(H,22,24)/t18-/m0/s1. The second-order valence-electron chi connectivity index (χ2n) is 6.93. The monoisotopic (exact) mass is 336 g/mol. The molecule has 2 amide bonds. The van der Waals surface area contributed by atoms with Crippen molar-refractivity contribution in [1.82, 2.24) is 0 Å². The summed E-state index contributed by atoms with van der Waals surface area (Å²) < 4.78 is 0. The first-order valence-electron chi connectivity index (χ1n) is 8.72. The van der Waals surface area contributed by atoms with Crippen LogP contribution in [0.2, 0.25) is 0 Å². The highest BCUT2D eigenvalue weighted by molar-refractivity contribution is 5.98. The average Bonchev–Trinajstić information content (AvgIpc) is 2.96. The Morgan fingerprint density at radius 1 is 1.12 bits per heavy atom. The maximum Gasteiger partial charge on any atom is 0.231 e. The van der Waals surface area contributed by atoms with Crippen molar-refractivity contribution < 1.29 is 9.59 Å². The molecule has 0 saturated heterocycles. The summed E-state index contributed by atoms with van der Waals surface area (Å²) in [6.45, 7) is 6.59. The number of anilines is 2. The molecule has 0 unspecified atom stereocenters. The summed E-state index contributed by atoms with van der Waals surface area (Å²) in [5.41, 5.74) is 3.81. The first kappa shape index (κ1) is 17.2. The summed E-state index contributed by atoms with van der Waals surface area (Å²) in [4.78, 5) is 26.3. The molecule has 2 aromatic rings. The van der Waals surface area contributed by atoms with E-state index in [0.29, 0.717) is 17.5 Å². The molecule has 2 aromatic carbocycles. The summed E-state index contributed by atoms with van der Waals surface area (Å²) in [6, 6.07) is 15.6. The highest BCUT2D eigenvalue weighted by atomic mass is 16.2. The first-order chi connectivity index (χ1) is 12.0. The van der Waals surface area contributed by atoms with E-state index in [1.165, 1.54) is 12.5 Å². The van der Waals surface area contributed by atoms with Gasteiger partial charge in [0.2, 0.25) is 11.8 Å². The van der Waals surface area contributed by atoms with E-state index in [2.05, 4.69) is 25.2 Å². The topological polar surface area (TPSA) is 49.4 Å². The van der Waals surface area contributed by atoms with Crippen molar-refractivity contribution in [3.63, 3.8) is 0 Å². The Kier molecular flexibility index (Phi) is 4.88. The fourth-order valence-corrected chi connectivity index (χ4v) is 3.49. The number of carbonyl (C=O) groups is 2. The van der Waals surface area contributed by atoms with Crippen molar-refractivity contribution in [2.24, 2.45) is 5.92 Å². The Bertz CT molecular complexity index is 798. The number of amides is 2. The van der Waals surface area contributed by atoms with Crippen molar-refractivity contribution in [1.29, 1.82) is 0 Å². The number of benzene rings is 2. The van der Waals surface area contributed by atoms with Gasteiger partial charge in [0, 0.05) is 30.8 Å². The van der Waals surface area contributed by atoms with Crippen molar-refractivity contribution in [2.75, 3.05) is 16.8 Å². The van der Waals surface area contributed by atoms with Gasteiger partial charge in [-0.1, -0.05) is 50.2 Å². The molecule has 1 aliphatic heterocycles. The van der Waals surface area contributed by atoms with Gasteiger partial charge < -0.3 is 10.2 Å². The van der Waals surface area contributed by atoms with Crippen molar-refractivity contribution in [3.8, 4) is 0 Å². The van der Waals surface area contributed by atoms with Gasteiger partial charge in [-0.05, 0) is 29.2 Å². The number of hydrogen-bond acceptors (Lipinski definition) is 2. The zero-order valence-electron chi connectivity index (χ0n) is 15.0. The lowest BCUT2D eigenvalue weighted by molar-refractivity contribution is -0.118. The Balaban J connectivity index is 1.85. The molecule has 1 atom stereocenters. The lowest BCUT2D eigenvalue weighted by Crippen LogP contribution is -2.32. The van der Waals surface area contributed by atoms with Crippen LogP contribution in [0.1, 0.15) is 37.8 Å². The molecule has 3 rings (SSSR count). The summed E-state index contributed by atoms with van der Waals surface area (Å²) in [5, 5.41) is 2.81. The number of carbonyl (C=O) groups excluding carboxylic acids is 2. The summed E-state index contributed by atoms with van der Waals surface area (Å²) in [6.07, 6.45) is 0.273. The van der Waals surface area contributed by atoms with Crippen molar-refractivity contribution in [2.45, 2.75) is 33.1 Å². The summed E-state index contributed by atoms with van der Waals surface area (Å²) >= 11 is 0. The van der Waals surface area contributed by atoms with Crippen LogP contribution < -0.4 is 10.2 Å². The molecular formula is C21H24N2O2. The number of nitrogens with zero attached hydrogens (tertiary/aromatic N) is 1. The van der Waals surface area contributed by atoms with E-state index in [0.717, 1.165) is 17.8 Å². The van der Waals surface area contributed by atoms with Crippen LogP contribution >= 0.6 is 0 Å². The molecule has 0 bridgehead atoms. The Morgan fingerprint density at radius 2 is 1.80 bits per heavy atom. The van der Waals surface area contributed by atoms with Gasteiger partial charge in [0.25, 0.3) is 0 Å². The minimum atomic E-state index is -0.133. The molecule has 1 heterocycles. The fourth-order valence-electron chi connectivity index (χ4n) is 3.49. The molecule has 130 valence electrons. The molecule has 4 nitrogen and oxygen atoms in total. The quantitative estimate of drug-likeness (QED) is 0.918. The minimum absolute atomic E-state index is 0.0633. The van der Waals surface area contributed by atoms with E-state index < -0.39 is 0 Å². The van der Waals surface area contributed by atoms with Crippen LogP contribution in [0.25, 0.3) is 0 Å². The third-order valence-corrected chi connectivity index (χ3v) is 4.78. The smallest absolute Gasteiger partial charge is 0.231 e. The zero-order chi connectivity index (χ0) is 18.0. The summed E-state index contributed by atoms with van der Waals surface area (Å²) in [7, 11) is 0. The van der Waals surface area contributed by atoms with E-state index >= 15 is 0 Å². The van der Waals surface area contributed by atoms with Gasteiger partial charge in [0.1, 0.15) is 0 Å². The van der Waals surface area contributed by atoms with E-state index in [4.69, 9.17) is 0 Å². The van der Waals surface area contributed by atoms with Crippen LogP contribution in [-0.2, 0) is 16.0 Å². The van der Waals surface area contributed by atoms with E-state index in [9.17, 15) is 9.59 Å². The average molecular weight is 336 g/mol. The van der Waals surface area contributed by atoms with Crippen LogP contribution in [0.15, 0.2) is 48.5 Å². The van der Waals surface area contributed by atoms with Crippen LogP contribution in [0.5, 0.6) is 0 Å². The van der Waals surface area contributed by atoms with Gasteiger partial charge >= 0.3 is 0 Å². The van der Waals surface area contributed by atoms with Crippen LogP contribution in [0.3, 0.4) is 0 Å². The van der Waals surface area contributed by atoms with Gasteiger partial charge in [-0.2, -0.15) is 0 Å². The number of nitrogens with one attached hydrogen (secondary N) is 1. The van der Waals surface area contributed by atoms with E-state index in [1.54, 1.807) is 0 Å². The second kappa shape index (κ2) is 7.09. The molecule has 0 fully saturated rings. The highest BCUT2D eigenvalue weighted by Gasteiger charge is 2.33.